The van der Waals surface area contributed by atoms with Gasteiger partial charge in [0.15, 0.2) is 0 Å². The molecule has 5 nitrogen and oxygen atoms in total. The summed E-state index contributed by atoms with van der Waals surface area (Å²) < 4.78 is 0. The zero-order valence-electron chi connectivity index (χ0n) is 17.6. The summed E-state index contributed by atoms with van der Waals surface area (Å²) in [5.41, 5.74) is 3.02. The van der Waals surface area contributed by atoms with Crippen molar-refractivity contribution >= 4 is 17.5 Å². The molecule has 0 radical (unpaired) electrons. The lowest BCUT2D eigenvalue weighted by atomic mass is 9.87. The molecular weight excluding hydrogens is 362 g/mol. The highest BCUT2D eigenvalue weighted by molar-refractivity contribution is 5.96. The molecule has 1 fully saturated rings. The Morgan fingerprint density at radius 1 is 1.00 bits per heavy atom. The Labute approximate surface area is 173 Å². The molecule has 1 unspecified atom stereocenters. The van der Waals surface area contributed by atoms with Crippen LogP contribution in [0.5, 0.6) is 0 Å². The normalized spacial score (nSPS) is 16.5. The monoisotopic (exact) mass is 393 g/mol. The molecule has 29 heavy (non-hydrogen) atoms. The average Bonchev–Trinajstić information content (AvgIpc) is 3.20. The SMILES string of the molecule is CC(C)(C)c1ccc(C(=O)NCC(=O)NCC2CCN(c3ccccc3)C2)cc1. The smallest absolute Gasteiger partial charge is 0.251 e. The summed E-state index contributed by atoms with van der Waals surface area (Å²) in [7, 11) is 0. The molecular formula is C24H31N3O2. The van der Waals surface area contributed by atoms with Crippen LogP contribution in [0.25, 0.3) is 0 Å². The molecule has 2 amide bonds. The first-order valence-electron chi connectivity index (χ1n) is 10.3. The van der Waals surface area contributed by atoms with E-state index in [1.807, 2.05) is 42.5 Å². The summed E-state index contributed by atoms with van der Waals surface area (Å²) in [5, 5.41) is 5.66. The highest BCUT2D eigenvalue weighted by atomic mass is 16.2. The second-order valence-electron chi connectivity index (χ2n) is 8.75. The number of carbonyl (C=O) groups is 2. The van der Waals surface area contributed by atoms with Gasteiger partial charge in [0, 0.05) is 30.9 Å². The highest BCUT2D eigenvalue weighted by Gasteiger charge is 2.23. The number of hydrogen-bond acceptors (Lipinski definition) is 3. The number of amides is 2. The van der Waals surface area contributed by atoms with Crippen LogP contribution in [0, 0.1) is 5.92 Å². The Bertz CT molecular complexity index is 825. The summed E-state index contributed by atoms with van der Waals surface area (Å²) in [6, 6.07) is 17.9. The quantitative estimate of drug-likeness (QED) is 0.791. The Hall–Kier alpha value is -2.82. The van der Waals surface area contributed by atoms with Gasteiger partial charge in [-0.05, 0) is 47.6 Å². The van der Waals surface area contributed by atoms with E-state index in [9.17, 15) is 9.59 Å². The van der Waals surface area contributed by atoms with Crippen molar-refractivity contribution in [1.29, 1.82) is 0 Å². The van der Waals surface area contributed by atoms with Gasteiger partial charge < -0.3 is 15.5 Å². The van der Waals surface area contributed by atoms with Gasteiger partial charge in [-0.1, -0.05) is 51.1 Å². The minimum absolute atomic E-state index is 0.00498. The lowest BCUT2D eigenvalue weighted by Crippen LogP contribution is -2.39. The van der Waals surface area contributed by atoms with E-state index in [-0.39, 0.29) is 23.8 Å². The standard InChI is InChI=1S/C24H31N3O2/c1-24(2,3)20-11-9-19(10-12-20)23(29)26-16-22(28)25-15-18-13-14-27(17-18)21-7-5-4-6-8-21/h4-12,18H,13-17H2,1-3H3,(H,25,28)(H,26,29). The van der Waals surface area contributed by atoms with E-state index in [0.717, 1.165) is 19.5 Å². The number of rotatable bonds is 6. The van der Waals surface area contributed by atoms with Gasteiger partial charge in [-0.2, -0.15) is 0 Å². The van der Waals surface area contributed by atoms with E-state index in [0.29, 0.717) is 18.0 Å². The largest absolute Gasteiger partial charge is 0.371 e. The number of para-hydroxylation sites is 1. The molecule has 0 spiro atoms. The molecule has 2 aromatic rings. The highest BCUT2D eigenvalue weighted by Crippen LogP contribution is 2.23. The molecule has 0 aromatic heterocycles. The number of hydrogen-bond donors (Lipinski definition) is 2. The predicted octanol–water partition coefficient (Wildman–Crippen LogP) is 3.36. The van der Waals surface area contributed by atoms with E-state index in [1.54, 1.807) is 0 Å². The molecule has 1 atom stereocenters. The van der Waals surface area contributed by atoms with Crippen molar-refractivity contribution in [2.45, 2.75) is 32.6 Å². The molecule has 1 heterocycles. The Balaban J connectivity index is 1.39. The third-order valence-electron chi connectivity index (χ3n) is 5.42. The minimum Gasteiger partial charge on any atom is -0.371 e. The van der Waals surface area contributed by atoms with Crippen LogP contribution in [0.3, 0.4) is 0 Å². The van der Waals surface area contributed by atoms with Crippen LogP contribution in [0.4, 0.5) is 5.69 Å². The molecule has 0 bridgehead atoms. The second kappa shape index (κ2) is 9.12. The number of anilines is 1. The van der Waals surface area contributed by atoms with Crippen molar-refractivity contribution in [2.24, 2.45) is 5.92 Å². The molecule has 1 aliphatic heterocycles. The van der Waals surface area contributed by atoms with Crippen molar-refractivity contribution in [3.8, 4) is 0 Å². The van der Waals surface area contributed by atoms with Crippen molar-refractivity contribution in [3.63, 3.8) is 0 Å². The molecule has 1 aliphatic rings. The van der Waals surface area contributed by atoms with Gasteiger partial charge in [0.2, 0.25) is 5.91 Å². The van der Waals surface area contributed by atoms with E-state index in [2.05, 4.69) is 48.4 Å². The second-order valence-corrected chi connectivity index (χ2v) is 8.75. The maximum atomic E-state index is 12.3. The summed E-state index contributed by atoms with van der Waals surface area (Å²) in [6.45, 7) is 8.98. The van der Waals surface area contributed by atoms with Gasteiger partial charge in [-0.15, -0.1) is 0 Å². The third kappa shape index (κ3) is 5.83. The molecule has 2 aromatic carbocycles. The van der Waals surface area contributed by atoms with Crippen molar-refractivity contribution in [3.05, 3.63) is 65.7 Å². The van der Waals surface area contributed by atoms with E-state index in [1.165, 1.54) is 11.3 Å². The Morgan fingerprint density at radius 2 is 1.69 bits per heavy atom. The number of nitrogens with one attached hydrogen (secondary N) is 2. The molecule has 1 saturated heterocycles. The first-order valence-corrected chi connectivity index (χ1v) is 10.3. The van der Waals surface area contributed by atoms with Crippen LogP contribution in [0.15, 0.2) is 54.6 Å². The van der Waals surface area contributed by atoms with Crippen molar-refractivity contribution < 1.29 is 9.59 Å². The molecule has 0 aliphatic carbocycles. The fraction of sp³-hybridized carbons (Fsp3) is 0.417. The molecule has 0 saturated carbocycles. The zero-order chi connectivity index (χ0) is 20.9. The van der Waals surface area contributed by atoms with E-state index in [4.69, 9.17) is 0 Å². The summed E-state index contributed by atoms with van der Waals surface area (Å²) >= 11 is 0. The van der Waals surface area contributed by atoms with Gasteiger partial charge in [0.25, 0.3) is 5.91 Å². The van der Waals surface area contributed by atoms with Crippen LogP contribution < -0.4 is 15.5 Å². The van der Waals surface area contributed by atoms with Crippen LogP contribution in [0.1, 0.15) is 43.1 Å². The zero-order valence-corrected chi connectivity index (χ0v) is 17.6. The van der Waals surface area contributed by atoms with Crippen LogP contribution in [-0.4, -0.2) is 38.0 Å². The topological polar surface area (TPSA) is 61.4 Å². The lowest BCUT2D eigenvalue weighted by molar-refractivity contribution is -0.120. The third-order valence-corrected chi connectivity index (χ3v) is 5.42. The fourth-order valence-electron chi connectivity index (χ4n) is 3.58. The molecule has 3 rings (SSSR count). The fourth-order valence-corrected chi connectivity index (χ4v) is 3.58. The van der Waals surface area contributed by atoms with Gasteiger partial charge in [-0.25, -0.2) is 0 Å². The average molecular weight is 394 g/mol. The van der Waals surface area contributed by atoms with Gasteiger partial charge in [-0.3, -0.25) is 9.59 Å². The van der Waals surface area contributed by atoms with E-state index < -0.39 is 0 Å². The summed E-state index contributed by atoms with van der Waals surface area (Å²) in [6.07, 6.45) is 1.06. The molecule has 154 valence electrons. The summed E-state index contributed by atoms with van der Waals surface area (Å²) in [4.78, 5) is 26.8. The van der Waals surface area contributed by atoms with Crippen molar-refractivity contribution in [2.75, 3.05) is 31.1 Å². The summed E-state index contributed by atoms with van der Waals surface area (Å²) in [5.74, 6) is 0.0550. The number of carbonyl (C=O) groups excluding carboxylic acids is 2. The first-order chi connectivity index (χ1) is 13.8. The van der Waals surface area contributed by atoms with Gasteiger partial charge in [0.1, 0.15) is 0 Å². The van der Waals surface area contributed by atoms with Gasteiger partial charge >= 0.3 is 0 Å². The lowest BCUT2D eigenvalue weighted by Gasteiger charge is -2.19. The number of benzene rings is 2. The Kier molecular flexibility index (Phi) is 6.57. The number of nitrogens with zero attached hydrogens (tertiary/aromatic N) is 1. The minimum atomic E-state index is -0.225. The predicted molar refractivity (Wildman–Crippen MR) is 117 cm³/mol. The Morgan fingerprint density at radius 3 is 2.34 bits per heavy atom. The van der Waals surface area contributed by atoms with E-state index >= 15 is 0 Å². The maximum absolute atomic E-state index is 12.3. The van der Waals surface area contributed by atoms with Gasteiger partial charge in [0.05, 0.1) is 6.54 Å². The first kappa shape index (κ1) is 20.9. The van der Waals surface area contributed by atoms with Crippen LogP contribution in [0.2, 0.25) is 0 Å². The van der Waals surface area contributed by atoms with Crippen molar-refractivity contribution in [1.82, 2.24) is 10.6 Å². The van der Waals surface area contributed by atoms with Crippen LogP contribution >= 0.6 is 0 Å². The van der Waals surface area contributed by atoms with Crippen LogP contribution in [-0.2, 0) is 10.2 Å². The maximum Gasteiger partial charge on any atom is 0.251 e. The molecule has 5 heteroatoms. The molecule has 2 N–H and O–H groups in total.